The van der Waals surface area contributed by atoms with Crippen LogP contribution in [0.3, 0.4) is 0 Å². The predicted octanol–water partition coefficient (Wildman–Crippen LogP) is 1.61. The Morgan fingerprint density at radius 2 is 1.89 bits per heavy atom. The van der Waals surface area contributed by atoms with E-state index in [1.54, 1.807) is 6.07 Å². The number of hydrogen-bond donors (Lipinski definition) is 0. The average Bonchev–Trinajstić information content (AvgIpc) is 2.47. The molecule has 1 aliphatic rings. The maximum absolute atomic E-state index is 11.5. The molecule has 0 spiro atoms. The molecule has 4 heteroatoms. The first-order valence-corrected chi connectivity index (χ1v) is 6.85. The van der Waals surface area contributed by atoms with E-state index < -0.39 is 0 Å². The van der Waals surface area contributed by atoms with Crippen LogP contribution in [0.2, 0.25) is 0 Å². The van der Waals surface area contributed by atoms with Crippen molar-refractivity contribution in [3.05, 3.63) is 35.4 Å². The molecule has 104 valence electrons. The lowest BCUT2D eigenvalue weighted by Gasteiger charge is -2.34. The molecule has 0 amide bonds. The highest BCUT2D eigenvalue weighted by Crippen LogP contribution is 2.11. The van der Waals surface area contributed by atoms with Gasteiger partial charge in [0.1, 0.15) is 0 Å². The van der Waals surface area contributed by atoms with E-state index in [4.69, 9.17) is 4.74 Å². The van der Waals surface area contributed by atoms with Crippen LogP contribution < -0.4 is 0 Å². The number of methoxy groups -OCH3 is 1. The molecular weight excluding hydrogens is 240 g/mol. The molecule has 0 aliphatic carbocycles. The lowest BCUT2D eigenvalue weighted by atomic mass is 10.1. The zero-order valence-corrected chi connectivity index (χ0v) is 11.8. The van der Waals surface area contributed by atoms with Gasteiger partial charge in [0.15, 0.2) is 0 Å². The summed E-state index contributed by atoms with van der Waals surface area (Å²) >= 11 is 0. The molecule has 19 heavy (non-hydrogen) atoms. The number of piperazine rings is 1. The second-order valence-electron chi connectivity index (χ2n) is 4.90. The quantitative estimate of drug-likeness (QED) is 0.772. The van der Waals surface area contributed by atoms with Crippen LogP contribution in [0, 0.1) is 0 Å². The van der Waals surface area contributed by atoms with Gasteiger partial charge < -0.3 is 9.64 Å². The van der Waals surface area contributed by atoms with E-state index in [0.29, 0.717) is 5.56 Å². The van der Waals surface area contributed by atoms with Crippen molar-refractivity contribution in [2.45, 2.75) is 13.5 Å². The summed E-state index contributed by atoms with van der Waals surface area (Å²) in [4.78, 5) is 16.4. The Bertz CT molecular complexity index is 426. The predicted molar refractivity (Wildman–Crippen MR) is 75.2 cm³/mol. The van der Waals surface area contributed by atoms with Crippen molar-refractivity contribution in [3.8, 4) is 0 Å². The summed E-state index contributed by atoms with van der Waals surface area (Å²) in [6, 6.07) is 7.71. The van der Waals surface area contributed by atoms with E-state index in [0.717, 1.165) is 39.3 Å². The summed E-state index contributed by atoms with van der Waals surface area (Å²) in [5.41, 5.74) is 1.81. The highest BCUT2D eigenvalue weighted by atomic mass is 16.5. The fourth-order valence-electron chi connectivity index (χ4n) is 2.44. The van der Waals surface area contributed by atoms with Gasteiger partial charge in [0.25, 0.3) is 0 Å². The van der Waals surface area contributed by atoms with E-state index in [9.17, 15) is 4.79 Å². The zero-order valence-electron chi connectivity index (χ0n) is 11.8. The molecule has 1 aliphatic heterocycles. The van der Waals surface area contributed by atoms with Gasteiger partial charge in [-0.05, 0) is 24.2 Å². The fraction of sp³-hybridized carbons (Fsp3) is 0.533. The van der Waals surface area contributed by atoms with Crippen LogP contribution in [-0.4, -0.2) is 55.6 Å². The molecule has 4 nitrogen and oxygen atoms in total. The van der Waals surface area contributed by atoms with E-state index in [2.05, 4.69) is 22.8 Å². The lowest BCUT2D eigenvalue weighted by molar-refractivity contribution is 0.0600. The van der Waals surface area contributed by atoms with Gasteiger partial charge in [-0.15, -0.1) is 0 Å². The summed E-state index contributed by atoms with van der Waals surface area (Å²) < 4.78 is 4.75. The summed E-state index contributed by atoms with van der Waals surface area (Å²) in [5.74, 6) is -0.266. The highest BCUT2D eigenvalue weighted by Gasteiger charge is 2.16. The molecule has 0 aromatic heterocycles. The van der Waals surface area contributed by atoms with Crippen LogP contribution in [0.15, 0.2) is 24.3 Å². The number of carbonyl (C=O) groups is 1. The smallest absolute Gasteiger partial charge is 0.337 e. The molecule has 0 saturated carbocycles. The number of esters is 1. The van der Waals surface area contributed by atoms with Gasteiger partial charge in [0.2, 0.25) is 0 Å². The summed E-state index contributed by atoms with van der Waals surface area (Å²) in [7, 11) is 1.42. The minimum atomic E-state index is -0.266. The van der Waals surface area contributed by atoms with E-state index in [1.165, 1.54) is 12.7 Å². The van der Waals surface area contributed by atoms with Crippen molar-refractivity contribution in [2.75, 3.05) is 39.8 Å². The zero-order chi connectivity index (χ0) is 13.7. The van der Waals surface area contributed by atoms with Crippen molar-refractivity contribution in [1.29, 1.82) is 0 Å². The third kappa shape index (κ3) is 3.78. The van der Waals surface area contributed by atoms with Crippen LogP contribution in [0.5, 0.6) is 0 Å². The van der Waals surface area contributed by atoms with Gasteiger partial charge >= 0.3 is 5.97 Å². The van der Waals surface area contributed by atoms with Gasteiger partial charge in [0.05, 0.1) is 12.7 Å². The van der Waals surface area contributed by atoms with Crippen molar-refractivity contribution in [1.82, 2.24) is 9.80 Å². The van der Waals surface area contributed by atoms with E-state index in [1.807, 2.05) is 12.1 Å². The summed E-state index contributed by atoms with van der Waals surface area (Å²) in [6.07, 6.45) is 0. The number of ether oxygens (including phenoxy) is 1. The number of nitrogens with zero attached hydrogens (tertiary/aromatic N) is 2. The van der Waals surface area contributed by atoms with E-state index >= 15 is 0 Å². The summed E-state index contributed by atoms with van der Waals surface area (Å²) in [5, 5.41) is 0. The molecule has 0 unspecified atom stereocenters. The van der Waals surface area contributed by atoms with Crippen LogP contribution in [-0.2, 0) is 11.3 Å². The molecule has 1 aromatic rings. The van der Waals surface area contributed by atoms with Gasteiger partial charge in [-0.2, -0.15) is 0 Å². The van der Waals surface area contributed by atoms with E-state index in [-0.39, 0.29) is 5.97 Å². The molecule has 1 fully saturated rings. The second kappa shape index (κ2) is 6.68. The Hall–Kier alpha value is -1.39. The van der Waals surface area contributed by atoms with Crippen molar-refractivity contribution < 1.29 is 9.53 Å². The number of likely N-dealkylation sites (N-methyl/N-ethyl adjacent to an activating group) is 1. The number of rotatable bonds is 4. The fourth-order valence-corrected chi connectivity index (χ4v) is 2.44. The summed E-state index contributed by atoms with van der Waals surface area (Å²) in [6.45, 7) is 8.69. The van der Waals surface area contributed by atoms with Crippen molar-refractivity contribution >= 4 is 5.97 Å². The first kappa shape index (κ1) is 14.0. The molecule has 0 radical (unpaired) electrons. The van der Waals surface area contributed by atoms with Gasteiger partial charge in [-0.3, -0.25) is 4.90 Å². The monoisotopic (exact) mass is 262 g/mol. The topological polar surface area (TPSA) is 32.8 Å². The lowest BCUT2D eigenvalue weighted by Crippen LogP contribution is -2.45. The van der Waals surface area contributed by atoms with Crippen LogP contribution in [0.4, 0.5) is 0 Å². The largest absolute Gasteiger partial charge is 0.465 e. The maximum Gasteiger partial charge on any atom is 0.337 e. The third-order valence-electron chi connectivity index (χ3n) is 3.67. The minimum Gasteiger partial charge on any atom is -0.465 e. The first-order chi connectivity index (χ1) is 9.22. The number of carbonyl (C=O) groups excluding carboxylic acids is 1. The molecule has 2 rings (SSSR count). The molecule has 0 atom stereocenters. The van der Waals surface area contributed by atoms with Gasteiger partial charge in [-0.1, -0.05) is 19.1 Å². The van der Waals surface area contributed by atoms with Crippen LogP contribution in [0.1, 0.15) is 22.8 Å². The van der Waals surface area contributed by atoms with Crippen LogP contribution in [0.25, 0.3) is 0 Å². The Kier molecular flexibility index (Phi) is 4.93. The Balaban J connectivity index is 1.94. The van der Waals surface area contributed by atoms with Crippen molar-refractivity contribution in [2.24, 2.45) is 0 Å². The molecule has 1 heterocycles. The Morgan fingerprint density at radius 1 is 1.21 bits per heavy atom. The Morgan fingerprint density at radius 3 is 2.53 bits per heavy atom. The SMILES string of the molecule is CCN1CCN(Cc2cccc(C(=O)OC)c2)CC1. The maximum atomic E-state index is 11.5. The molecule has 0 N–H and O–H groups in total. The number of benzene rings is 1. The standard InChI is InChI=1S/C15H22N2O2/c1-3-16-7-9-17(10-8-16)12-13-5-4-6-14(11-13)15(18)19-2/h4-6,11H,3,7-10,12H2,1-2H3. The van der Waals surface area contributed by atoms with Gasteiger partial charge in [-0.25, -0.2) is 4.79 Å². The molecule has 1 saturated heterocycles. The average molecular weight is 262 g/mol. The van der Waals surface area contributed by atoms with Crippen molar-refractivity contribution in [3.63, 3.8) is 0 Å². The third-order valence-corrected chi connectivity index (χ3v) is 3.67. The second-order valence-corrected chi connectivity index (χ2v) is 4.90. The molecule has 1 aromatic carbocycles. The number of hydrogen-bond acceptors (Lipinski definition) is 4. The normalized spacial score (nSPS) is 17.4. The Labute approximate surface area is 115 Å². The molecule has 0 bridgehead atoms. The molecular formula is C15H22N2O2. The first-order valence-electron chi connectivity index (χ1n) is 6.85. The van der Waals surface area contributed by atoms with Crippen LogP contribution >= 0.6 is 0 Å². The highest BCUT2D eigenvalue weighted by molar-refractivity contribution is 5.89. The van der Waals surface area contributed by atoms with Gasteiger partial charge in [0, 0.05) is 32.7 Å². The minimum absolute atomic E-state index is 0.266.